The number of methoxy groups -OCH3 is 1. The SMILES string of the molecule is COC1CCC(C(=O)N2[C@H](C)CN(C(=O)C3CC(NC(C)=O)CCC3F)C[C@H]2C)C(F)C1. The third kappa shape index (κ3) is 5.41. The Bertz CT molecular complexity index is 697. The average molecular weight is 458 g/mol. The maximum atomic E-state index is 14.7. The predicted molar refractivity (Wildman–Crippen MR) is 115 cm³/mol. The fourth-order valence-corrected chi connectivity index (χ4v) is 5.74. The Morgan fingerprint density at radius 2 is 1.53 bits per heavy atom. The van der Waals surface area contributed by atoms with Gasteiger partial charge in [-0.15, -0.1) is 0 Å². The summed E-state index contributed by atoms with van der Waals surface area (Å²) in [5, 5.41) is 2.80. The van der Waals surface area contributed by atoms with Crippen LogP contribution in [0.5, 0.6) is 0 Å². The van der Waals surface area contributed by atoms with Crippen LogP contribution in [-0.4, -0.2) is 84.3 Å². The van der Waals surface area contributed by atoms with E-state index in [0.29, 0.717) is 32.4 Å². The quantitative estimate of drug-likeness (QED) is 0.702. The Morgan fingerprint density at radius 1 is 0.875 bits per heavy atom. The van der Waals surface area contributed by atoms with Crippen molar-refractivity contribution < 1.29 is 27.9 Å². The predicted octanol–water partition coefficient (Wildman–Crippen LogP) is 2.23. The van der Waals surface area contributed by atoms with Crippen LogP contribution in [0.1, 0.15) is 59.3 Å². The molecule has 3 fully saturated rings. The first-order chi connectivity index (χ1) is 15.1. The summed E-state index contributed by atoms with van der Waals surface area (Å²) in [6.07, 6.45) is -0.235. The number of rotatable bonds is 4. The minimum absolute atomic E-state index is 0.149. The fourth-order valence-electron chi connectivity index (χ4n) is 5.74. The van der Waals surface area contributed by atoms with E-state index in [1.807, 2.05) is 13.8 Å². The molecule has 7 nitrogen and oxygen atoms in total. The first-order valence-electron chi connectivity index (χ1n) is 11.8. The third-order valence-corrected chi connectivity index (χ3v) is 7.35. The Morgan fingerprint density at radius 3 is 2.09 bits per heavy atom. The van der Waals surface area contributed by atoms with Gasteiger partial charge in [0.05, 0.1) is 17.9 Å². The zero-order valence-corrected chi connectivity index (χ0v) is 19.6. The molecule has 1 N–H and O–H groups in total. The molecule has 3 aliphatic rings. The molecule has 0 radical (unpaired) electrons. The van der Waals surface area contributed by atoms with Crippen LogP contribution in [0.2, 0.25) is 0 Å². The van der Waals surface area contributed by atoms with Gasteiger partial charge in [-0.25, -0.2) is 8.78 Å². The van der Waals surface area contributed by atoms with E-state index < -0.39 is 24.2 Å². The number of halogens is 2. The number of carbonyl (C=O) groups is 3. The standard InChI is InChI=1S/C23H37F2N3O4/c1-13-11-27(22(30)19-9-16(26-15(3)29)5-8-20(19)24)12-14(2)28(13)23(31)18-7-6-17(32-4)10-21(18)25/h13-14,16-21H,5-12H2,1-4H3,(H,26,29)/t13-,14-,16?,17?,18?,19?,20?,21?/m1/s1. The lowest BCUT2D eigenvalue weighted by Gasteiger charge is -2.47. The summed E-state index contributed by atoms with van der Waals surface area (Å²) in [5.41, 5.74) is 0. The van der Waals surface area contributed by atoms with Crippen LogP contribution in [0.15, 0.2) is 0 Å². The molecule has 2 aliphatic carbocycles. The van der Waals surface area contributed by atoms with Crippen molar-refractivity contribution >= 4 is 17.7 Å². The highest BCUT2D eigenvalue weighted by molar-refractivity contribution is 5.82. The number of hydrogen-bond donors (Lipinski definition) is 1. The summed E-state index contributed by atoms with van der Waals surface area (Å²) in [5.74, 6) is -2.12. The molecule has 3 amide bonds. The molecule has 1 saturated heterocycles. The summed E-state index contributed by atoms with van der Waals surface area (Å²) >= 11 is 0. The number of ether oxygens (including phenoxy) is 1. The number of carbonyl (C=O) groups excluding carboxylic acids is 3. The first kappa shape index (κ1) is 24.9. The molecule has 8 atom stereocenters. The van der Waals surface area contributed by atoms with Crippen molar-refractivity contribution in [3.63, 3.8) is 0 Å². The smallest absolute Gasteiger partial charge is 0.229 e. The molecule has 1 heterocycles. The molecule has 0 bridgehead atoms. The van der Waals surface area contributed by atoms with E-state index >= 15 is 0 Å². The summed E-state index contributed by atoms with van der Waals surface area (Å²) in [7, 11) is 1.56. The van der Waals surface area contributed by atoms with E-state index in [-0.39, 0.29) is 61.2 Å². The van der Waals surface area contributed by atoms with Crippen molar-refractivity contribution in [2.75, 3.05) is 20.2 Å². The molecule has 0 aromatic rings. The van der Waals surface area contributed by atoms with Crippen molar-refractivity contribution in [2.24, 2.45) is 11.8 Å². The number of piperazine rings is 1. The zero-order chi connectivity index (χ0) is 23.6. The molecular weight excluding hydrogens is 420 g/mol. The largest absolute Gasteiger partial charge is 0.381 e. The number of nitrogens with one attached hydrogen (secondary N) is 1. The highest BCUT2D eigenvalue weighted by Crippen LogP contribution is 2.34. The maximum absolute atomic E-state index is 14.7. The van der Waals surface area contributed by atoms with E-state index in [2.05, 4.69) is 5.32 Å². The van der Waals surface area contributed by atoms with Gasteiger partial charge in [-0.1, -0.05) is 0 Å². The summed E-state index contributed by atoms with van der Waals surface area (Å²) in [6.45, 7) is 5.73. The van der Waals surface area contributed by atoms with Gasteiger partial charge in [0.25, 0.3) is 0 Å². The summed E-state index contributed by atoms with van der Waals surface area (Å²) < 4.78 is 34.6. The van der Waals surface area contributed by atoms with Crippen LogP contribution in [0.3, 0.4) is 0 Å². The molecule has 1 aliphatic heterocycles. The van der Waals surface area contributed by atoms with E-state index in [4.69, 9.17) is 4.74 Å². The maximum Gasteiger partial charge on any atom is 0.229 e. The van der Waals surface area contributed by atoms with Crippen LogP contribution >= 0.6 is 0 Å². The van der Waals surface area contributed by atoms with Crippen molar-refractivity contribution in [1.29, 1.82) is 0 Å². The van der Waals surface area contributed by atoms with Crippen molar-refractivity contribution in [2.45, 2.75) is 95.9 Å². The Hall–Kier alpha value is -1.77. The molecule has 9 heteroatoms. The van der Waals surface area contributed by atoms with Gasteiger partial charge in [0.1, 0.15) is 12.3 Å². The Kier molecular flexibility index (Phi) is 8.11. The van der Waals surface area contributed by atoms with Crippen LogP contribution in [0.25, 0.3) is 0 Å². The van der Waals surface area contributed by atoms with Gasteiger partial charge in [-0.05, 0) is 46.0 Å². The first-order valence-corrected chi connectivity index (χ1v) is 11.8. The van der Waals surface area contributed by atoms with Crippen LogP contribution in [-0.2, 0) is 19.1 Å². The highest BCUT2D eigenvalue weighted by Gasteiger charge is 2.44. The van der Waals surface area contributed by atoms with Gasteiger partial charge >= 0.3 is 0 Å². The molecule has 3 rings (SSSR count). The summed E-state index contributed by atoms with van der Waals surface area (Å²) in [6, 6.07) is -0.763. The monoisotopic (exact) mass is 457 g/mol. The molecule has 6 unspecified atom stereocenters. The molecular formula is C23H37F2N3O4. The minimum atomic E-state index is -1.24. The van der Waals surface area contributed by atoms with E-state index in [9.17, 15) is 23.2 Å². The molecule has 2 saturated carbocycles. The van der Waals surface area contributed by atoms with Crippen molar-refractivity contribution in [3.05, 3.63) is 0 Å². The fraction of sp³-hybridized carbons (Fsp3) is 0.870. The average Bonchev–Trinajstić information content (AvgIpc) is 2.73. The molecule has 182 valence electrons. The van der Waals surface area contributed by atoms with Crippen molar-refractivity contribution in [1.82, 2.24) is 15.1 Å². The van der Waals surface area contributed by atoms with Gasteiger partial charge in [0.15, 0.2) is 0 Å². The Labute approximate surface area is 189 Å². The molecule has 0 spiro atoms. The van der Waals surface area contributed by atoms with E-state index in [1.165, 1.54) is 6.92 Å². The van der Waals surface area contributed by atoms with Crippen LogP contribution in [0.4, 0.5) is 8.78 Å². The van der Waals surface area contributed by atoms with Crippen LogP contribution < -0.4 is 5.32 Å². The second-order valence-corrected chi connectivity index (χ2v) is 9.81. The highest BCUT2D eigenvalue weighted by atomic mass is 19.1. The lowest BCUT2D eigenvalue weighted by Crippen LogP contribution is -2.63. The van der Waals surface area contributed by atoms with Crippen LogP contribution in [0, 0.1) is 11.8 Å². The zero-order valence-electron chi connectivity index (χ0n) is 19.6. The van der Waals surface area contributed by atoms with E-state index in [1.54, 1.807) is 16.9 Å². The van der Waals surface area contributed by atoms with Gasteiger partial charge in [0.2, 0.25) is 17.7 Å². The molecule has 0 aromatic carbocycles. The van der Waals surface area contributed by atoms with Gasteiger partial charge < -0.3 is 19.9 Å². The number of alkyl halides is 2. The van der Waals surface area contributed by atoms with Gasteiger partial charge in [0, 0.05) is 51.7 Å². The van der Waals surface area contributed by atoms with E-state index in [0.717, 1.165) is 0 Å². The molecule has 0 aromatic heterocycles. The number of hydrogen-bond acceptors (Lipinski definition) is 4. The summed E-state index contributed by atoms with van der Waals surface area (Å²) in [4.78, 5) is 41.1. The number of amides is 3. The third-order valence-electron chi connectivity index (χ3n) is 7.35. The second-order valence-electron chi connectivity index (χ2n) is 9.81. The number of nitrogens with zero attached hydrogens (tertiary/aromatic N) is 2. The second kappa shape index (κ2) is 10.4. The normalized spacial score (nSPS) is 38.3. The Balaban J connectivity index is 1.63. The molecule has 32 heavy (non-hydrogen) atoms. The minimum Gasteiger partial charge on any atom is -0.381 e. The van der Waals surface area contributed by atoms with Gasteiger partial charge in [-0.2, -0.15) is 0 Å². The van der Waals surface area contributed by atoms with Crippen molar-refractivity contribution in [3.8, 4) is 0 Å². The lowest BCUT2D eigenvalue weighted by molar-refractivity contribution is -0.155. The van der Waals surface area contributed by atoms with Gasteiger partial charge in [-0.3, -0.25) is 14.4 Å². The topological polar surface area (TPSA) is 79.0 Å². The lowest BCUT2D eigenvalue weighted by atomic mass is 9.82.